The Balaban J connectivity index is 1.92. The molecule has 2 heterocycles. The molecule has 1 aliphatic carbocycles. The van der Waals surface area contributed by atoms with Crippen LogP contribution in [0.15, 0.2) is 0 Å². The highest BCUT2D eigenvalue weighted by molar-refractivity contribution is 5.82. The molecule has 0 spiro atoms. The minimum atomic E-state index is -5.25. The molecule has 2 aliphatic heterocycles. The average molecular weight is 660 g/mol. The maximum atomic E-state index is 13.5. The predicted octanol–water partition coefficient (Wildman–Crippen LogP) is 1.52. The quantitative estimate of drug-likeness (QED) is 0.159. The molecule has 0 radical (unpaired) electrons. The van der Waals surface area contributed by atoms with Crippen molar-refractivity contribution in [2.24, 2.45) is 11.8 Å². The Labute approximate surface area is 262 Å². The van der Waals surface area contributed by atoms with Gasteiger partial charge in [0.05, 0.1) is 31.5 Å². The third kappa shape index (κ3) is 9.71. The minimum absolute atomic E-state index is 0.119. The van der Waals surface area contributed by atoms with Gasteiger partial charge >= 0.3 is 12.1 Å². The van der Waals surface area contributed by atoms with E-state index in [0.717, 1.165) is 32.1 Å². The third-order valence-corrected chi connectivity index (χ3v) is 9.35. The summed E-state index contributed by atoms with van der Waals surface area (Å²) in [5.41, 5.74) is 0. The Bertz CT molecular complexity index is 892. The van der Waals surface area contributed by atoms with Crippen molar-refractivity contribution in [1.82, 2.24) is 5.32 Å². The largest absolute Gasteiger partial charge is 0.471 e. The van der Waals surface area contributed by atoms with E-state index in [4.69, 9.17) is 23.7 Å². The fourth-order valence-electron chi connectivity index (χ4n) is 6.49. The number of nitrogens with one attached hydrogen (secondary N) is 1. The number of hydrogen-bond acceptors (Lipinski definition) is 11. The molecule has 0 aromatic carbocycles. The molecule has 0 bridgehead atoms. The summed E-state index contributed by atoms with van der Waals surface area (Å²) in [6.07, 6.45) is -13.6. The van der Waals surface area contributed by atoms with E-state index in [1.54, 1.807) is 6.92 Å². The van der Waals surface area contributed by atoms with Crippen LogP contribution in [0.2, 0.25) is 0 Å². The summed E-state index contributed by atoms with van der Waals surface area (Å²) in [4.78, 5) is 12.2. The molecule has 12 nitrogen and oxygen atoms in total. The van der Waals surface area contributed by atoms with Gasteiger partial charge in [-0.1, -0.05) is 52.9 Å². The van der Waals surface area contributed by atoms with E-state index in [1.807, 2.05) is 19.2 Å². The lowest BCUT2D eigenvalue weighted by Crippen LogP contribution is -2.67. The average Bonchev–Trinajstić information content (AvgIpc) is 3.02. The molecular formula is C30H52F3NO11. The summed E-state index contributed by atoms with van der Waals surface area (Å²) in [5.74, 6) is -2.38. The van der Waals surface area contributed by atoms with Crippen molar-refractivity contribution in [3.8, 4) is 0 Å². The molecule has 15 heteroatoms. The van der Waals surface area contributed by atoms with E-state index in [0.29, 0.717) is 12.8 Å². The number of aliphatic hydroxyl groups excluding tert-OH is 5. The van der Waals surface area contributed by atoms with Crippen LogP contribution in [0.3, 0.4) is 0 Å². The van der Waals surface area contributed by atoms with Gasteiger partial charge in [0.25, 0.3) is 0 Å². The Morgan fingerprint density at radius 2 is 1.53 bits per heavy atom. The number of halogens is 3. The van der Waals surface area contributed by atoms with Crippen LogP contribution in [0.25, 0.3) is 0 Å². The van der Waals surface area contributed by atoms with Crippen molar-refractivity contribution in [3.63, 3.8) is 0 Å². The zero-order chi connectivity index (χ0) is 33.5. The van der Waals surface area contributed by atoms with Gasteiger partial charge in [-0.15, -0.1) is 0 Å². The van der Waals surface area contributed by atoms with Gasteiger partial charge in [0.15, 0.2) is 12.6 Å². The first-order valence-corrected chi connectivity index (χ1v) is 16.2. The Morgan fingerprint density at radius 1 is 0.889 bits per heavy atom. The molecule has 3 fully saturated rings. The molecule has 1 amide bonds. The number of amides is 1. The normalized spacial score (nSPS) is 36.6. The molecule has 3 rings (SSSR count). The maximum Gasteiger partial charge on any atom is 0.471 e. The van der Waals surface area contributed by atoms with E-state index in [1.165, 1.54) is 6.92 Å². The topological polar surface area (TPSA) is 176 Å². The third-order valence-electron chi connectivity index (χ3n) is 9.35. The first kappa shape index (κ1) is 38.3. The van der Waals surface area contributed by atoms with Crippen molar-refractivity contribution in [2.45, 2.75) is 159 Å². The van der Waals surface area contributed by atoms with Crippen molar-refractivity contribution < 1.29 is 67.2 Å². The van der Waals surface area contributed by atoms with Crippen LogP contribution in [0.4, 0.5) is 13.2 Å². The highest BCUT2D eigenvalue weighted by Gasteiger charge is 2.52. The second-order valence-corrected chi connectivity index (χ2v) is 12.5. The van der Waals surface area contributed by atoms with Crippen LogP contribution in [-0.4, -0.2) is 124 Å². The number of hydrogen-bond donors (Lipinski definition) is 6. The molecule has 6 N–H and O–H groups in total. The van der Waals surface area contributed by atoms with Crippen molar-refractivity contribution in [1.29, 1.82) is 0 Å². The standard InChI is InChI=1S/C30H52F3NO11/c1-5-17(6-2)25(45-28-24(39)23(38)21(36)15(4)42-28)18(7-3)43-27-20(34-29(40)30(31,32)33)26(22(37)19(13-35)44-27)41-14-16-11-9-8-10-12-16/h15-28,35-39H,5-14H2,1-4H3,(H,34,40). The fourth-order valence-corrected chi connectivity index (χ4v) is 6.49. The molecule has 45 heavy (non-hydrogen) atoms. The summed E-state index contributed by atoms with van der Waals surface area (Å²) in [6, 6.07) is -1.62. The number of carbonyl (C=O) groups excluding carboxylic acids is 1. The number of carbonyl (C=O) groups is 1. The highest BCUT2D eigenvalue weighted by atomic mass is 19.4. The number of aliphatic hydroxyl groups is 5. The summed E-state index contributed by atoms with van der Waals surface area (Å²) >= 11 is 0. The first-order valence-electron chi connectivity index (χ1n) is 16.2. The van der Waals surface area contributed by atoms with Gasteiger partial charge in [0, 0.05) is 0 Å². The zero-order valence-corrected chi connectivity index (χ0v) is 26.5. The molecule has 0 aromatic rings. The van der Waals surface area contributed by atoms with Crippen molar-refractivity contribution >= 4 is 5.91 Å². The highest BCUT2D eigenvalue weighted by Crippen LogP contribution is 2.34. The van der Waals surface area contributed by atoms with Crippen molar-refractivity contribution in [2.75, 3.05) is 13.2 Å². The summed E-state index contributed by atoms with van der Waals surface area (Å²) in [7, 11) is 0. The van der Waals surface area contributed by atoms with Gasteiger partial charge in [-0.2, -0.15) is 13.2 Å². The molecule has 12 atom stereocenters. The summed E-state index contributed by atoms with van der Waals surface area (Å²) in [6.45, 7) is 6.47. The molecule has 1 saturated carbocycles. The second kappa shape index (κ2) is 17.3. The van der Waals surface area contributed by atoms with Crippen LogP contribution in [-0.2, 0) is 28.5 Å². The molecule has 2 saturated heterocycles. The molecule has 0 aromatic heterocycles. The van der Waals surface area contributed by atoms with Gasteiger partial charge in [-0.25, -0.2) is 0 Å². The SMILES string of the molecule is CCC(CC)C(OC1OC(C)C(O)C(O)C1O)C(CC)OC1OC(CO)C(O)C(OCC2CCCCC2)C1NC(=O)C(F)(F)F. The first-order chi connectivity index (χ1) is 21.3. The molecular weight excluding hydrogens is 607 g/mol. The lowest BCUT2D eigenvalue weighted by Gasteiger charge is -2.47. The lowest BCUT2D eigenvalue weighted by molar-refractivity contribution is -0.334. The van der Waals surface area contributed by atoms with Gasteiger partial charge < -0.3 is 54.5 Å². The van der Waals surface area contributed by atoms with Gasteiger partial charge in [-0.3, -0.25) is 4.79 Å². The number of alkyl halides is 3. The van der Waals surface area contributed by atoms with Crippen LogP contribution in [0.5, 0.6) is 0 Å². The number of rotatable bonds is 14. The van der Waals surface area contributed by atoms with Crippen LogP contribution in [0.1, 0.15) is 79.1 Å². The van der Waals surface area contributed by atoms with Crippen LogP contribution in [0, 0.1) is 11.8 Å². The molecule has 12 unspecified atom stereocenters. The number of ether oxygens (including phenoxy) is 5. The van der Waals surface area contributed by atoms with Gasteiger partial charge in [0.2, 0.25) is 0 Å². The van der Waals surface area contributed by atoms with Crippen LogP contribution < -0.4 is 5.32 Å². The second-order valence-electron chi connectivity index (χ2n) is 12.5. The molecule has 264 valence electrons. The Kier molecular flexibility index (Phi) is 14.7. The summed E-state index contributed by atoms with van der Waals surface area (Å²) < 4.78 is 70.4. The Hall–Kier alpha value is -1.14. The zero-order valence-electron chi connectivity index (χ0n) is 26.5. The lowest BCUT2D eigenvalue weighted by atomic mass is 9.89. The maximum absolute atomic E-state index is 13.5. The van der Waals surface area contributed by atoms with Gasteiger partial charge in [0.1, 0.15) is 42.7 Å². The van der Waals surface area contributed by atoms with E-state index in [2.05, 4.69) is 0 Å². The van der Waals surface area contributed by atoms with E-state index in [9.17, 15) is 43.5 Å². The van der Waals surface area contributed by atoms with Crippen molar-refractivity contribution in [3.05, 3.63) is 0 Å². The van der Waals surface area contributed by atoms with E-state index < -0.39 is 92.2 Å². The van der Waals surface area contributed by atoms with Crippen LogP contribution >= 0.6 is 0 Å². The smallest absolute Gasteiger partial charge is 0.394 e. The summed E-state index contributed by atoms with van der Waals surface area (Å²) in [5, 5.41) is 54.1. The van der Waals surface area contributed by atoms with E-state index in [-0.39, 0.29) is 24.9 Å². The monoisotopic (exact) mass is 659 g/mol. The van der Waals surface area contributed by atoms with Gasteiger partial charge in [-0.05, 0) is 38.0 Å². The fraction of sp³-hybridized carbons (Fsp3) is 0.967. The minimum Gasteiger partial charge on any atom is -0.394 e. The van der Waals surface area contributed by atoms with E-state index >= 15 is 0 Å². The molecule has 3 aliphatic rings. The predicted molar refractivity (Wildman–Crippen MR) is 153 cm³/mol. The Morgan fingerprint density at radius 3 is 2.09 bits per heavy atom.